The van der Waals surface area contributed by atoms with E-state index >= 15 is 0 Å². The summed E-state index contributed by atoms with van der Waals surface area (Å²) in [6.45, 7) is 2.43. The molecular weight excluding hydrogens is 432 g/mol. The zero-order chi connectivity index (χ0) is 19.9. The van der Waals surface area contributed by atoms with Crippen LogP contribution in [0.3, 0.4) is 0 Å². The van der Waals surface area contributed by atoms with Gasteiger partial charge in [-0.05, 0) is 40.4 Å². The topological polar surface area (TPSA) is 80.5 Å². The molecule has 148 valence electrons. The number of hydrogen-bond donors (Lipinski definition) is 2. The number of hydrogen-bond acceptors (Lipinski definition) is 6. The highest BCUT2D eigenvalue weighted by atomic mass is 79.9. The second-order valence-electron chi connectivity index (χ2n) is 7.17. The molecular formula is C18H20BrF2N7. The highest BCUT2D eigenvalue weighted by Crippen LogP contribution is 2.42. The molecule has 1 unspecified atom stereocenters. The van der Waals surface area contributed by atoms with Crippen molar-refractivity contribution >= 4 is 38.7 Å². The quantitative estimate of drug-likeness (QED) is 0.585. The van der Waals surface area contributed by atoms with E-state index < -0.39 is 5.92 Å². The van der Waals surface area contributed by atoms with E-state index in [2.05, 4.69) is 46.6 Å². The van der Waals surface area contributed by atoms with Gasteiger partial charge in [-0.2, -0.15) is 10.1 Å². The average Bonchev–Trinajstić information content (AvgIpc) is 2.93. The van der Waals surface area contributed by atoms with Gasteiger partial charge in [0, 0.05) is 38.8 Å². The second kappa shape index (κ2) is 7.23. The van der Waals surface area contributed by atoms with Crippen molar-refractivity contribution in [2.45, 2.75) is 31.7 Å². The number of nitrogens with one attached hydrogen (secondary N) is 2. The van der Waals surface area contributed by atoms with Crippen molar-refractivity contribution < 1.29 is 8.78 Å². The lowest BCUT2D eigenvalue weighted by Crippen LogP contribution is -2.39. The lowest BCUT2D eigenvalue weighted by Gasteiger charge is -2.34. The van der Waals surface area contributed by atoms with E-state index in [1.807, 2.05) is 26.1 Å². The number of halogens is 3. The van der Waals surface area contributed by atoms with Gasteiger partial charge in [0.25, 0.3) is 0 Å². The van der Waals surface area contributed by atoms with Gasteiger partial charge in [0.1, 0.15) is 11.0 Å². The number of rotatable bonds is 6. The molecule has 4 rings (SSSR count). The molecule has 3 aromatic heterocycles. The number of anilines is 2. The van der Waals surface area contributed by atoms with Gasteiger partial charge in [-0.25, -0.2) is 13.8 Å². The summed E-state index contributed by atoms with van der Waals surface area (Å²) in [6, 6.07) is 3.82. The molecule has 1 aliphatic rings. The van der Waals surface area contributed by atoms with Gasteiger partial charge in [-0.1, -0.05) is 6.07 Å². The molecule has 0 amide bonds. The van der Waals surface area contributed by atoms with Gasteiger partial charge in [-0.3, -0.25) is 9.67 Å². The zero-order valence-corrected chi connectivity index (χ0v) is 17.0. The first-order valence-corrected chi connectivity index (χ1v) is 9.80. The Bertz CT molecular complexity index is 985. The standard InChI is InChI=1S/C18H20BrF2N7/c1-10(12-4-3-5-22-9-12)24-16-14-13(15(19)27-28(14)2)25-17(26-16)23-8-11-6-18(20,21)7-11/h3-5,9-11H,6-8H2,1-2H3,(H2,23,24,25,26). The van der Waals surface area contributed by atoms with Gasteiger partial charge in [0.05, 0.1) is 6.04 Å². The van der Waals surface area contributed by atoms with Gasteiger partial charge in [0.15, 0.2) is 10.4 Å². The monoisotopic (exact) mass is 451 g/mol. The lowest BCUT2D eigenvalue weighted by molar-refractivity contribution is -0.106. The van der Waals surface area contributed by atoms with Gasteiger partial charge in [0.2, 0.25) is 11.9 Å². The maximum absolute atomic E-state index is 13.1. The molecule has 1 fully saturated rings. The maximum atomic E-state index is 13.1. The fourth-order valence-corrected chi connectivity index (χ4v) is 3.91. The minimum Gasteiger partial charge on any atom is -0.362 e. The van der Waals surface area contributed by atoms with Crippen LogP contribution in [0.1, 0.15) is 31.4 Å². The number of aryl methyl sites for hydroxylation is 1. The minimum absolute atomic E-state index is 0.0429. The summed E-state index contributed by atoms with van der Waals surface area (Å²) < 4.78 is 28.4. The summed E-state index contributed by atoms with van der Waals surface area (Å²) in [5.41, 5.74) is 2.42. The molecule has 1 saturated carbocycles. The van der Waals surface area contributed by atoms with E-state index in [4.69, 9.17) is 0 Å². The fourth-order valence-electron chi connectivity index (χ4n) is 3.40. The predicted molar refractivity (Wildman–Crippen MR) is 106 cm³/mol. The Morgan fingerprint density at radius 1 is 1.36 bits per heavy atom. The van der Waals surface area contributed by atoms with Crippen LogP contribution >= 0.6 is 15.9 Å². The largest absolute Gasteiger partial charge is 0.362 e. The molecule has 0 saturated heterocycles. The van der Waals surface area contributed by atoms with Crippen molar-refractivity contribution in [2.24, 2.45) is 13.0 Å². The maximum Gasteiger partial charge on any atom is 0.248 e. The molecule has 1 aliphatic carbocycles. The highest BCUT2D eigenvalue weighted by Gasteiger charge is 2.44. The van der Waals surface area contributed by atoms with E-state index in [9.17, 15) is 8.78 Å². The smallest absolute Gasteiger partial charge is 0.248 e. The summed E-state index contributed by atoms with van der Waals surface area (Å²) >= 11 is 3.43. The van der Waals surface area contributed by atoms with Crippen LogP contribution in [-0.4, -0.2) is 37.2 Å². The molecule has 10 heteroatoms. The average molecular weight is 452 g/mol. The van der Waals surface area contributed by atoms with Gasteiger partial charge >= 0.3 is 0 Å². The summed E-state index contributed by atoms with van der Waals surface area (Å²) in [4.78, 5) is 13.2. The summed E-state index contributed by atoms with van der Waals surface area (Å²) in [7, 11) is 1.82. The third-order valence-corrected chi connectivity index (χ3v) is 5.44. The van der Waals surface area contributed by atoms with Crippen molar-refractivity contribution in [1.82, 2.24) is 24.7 Å². The van der Waals surface area contributed by atoms with Gasteiger partial charge < -0.3 is 10.6 Å². The Hall–Kier alpha value is -2.36. The van der Waals surface area contributed by atoms with Crippen LogP contribution in [-0.2, 0) is 7.05 Å². The van der Waals surface area contributed by atoms with Crippen molar-refractivity contribution in [2.75, 3.05) is 17.2 Å². The van der Waals surface area contributed by atoms with E-state index in [0.717, 1.165) is 11.1 Å². The van der Waals surface area contributed by atoms with Crippen LogP contribution in [0.5, 0.6) is 0 Å². The zero-order valence-electron chi connectivity index (χ0n) is 15.5. The van der Waals surface area contributed by atoms with E-state index in [1.165, 1.54) is 0 Å². The van der Waals surface area contributed by atoms with Crippen LogP contribution < -0.4 is 10.6 Å². The third-order valence-electron chi connectivity index (χ3n) is 4.90. The van der Waals surface area contributed by atoms with Crippen molar-refractivity contribution in [1.29, 1.82) is 0 Å². The number of aromatic nitrogens is 5. The van der Waals surface area contributed by atoms with Crippen LogP contribution in [0.25, 0.3) is 11.0 Å². The molecule has 0 spiro atoms. The second-order valence-corrected chi connectivity index (χ2v) is 7.92. The molecule has 0 radical (unpaired) electrons. The molecule has 1 atom stereocenters. The molecule has 3 aromatic rings. The van der Waals surface area contributed by atoms with E-state index in [0.29, 0.717) is 28.4 Å². The van der Waals surface area contributed by atoms with Gasteiger partial charge in [-0.15, -0.1) is 0 Å². The lowest BCUT2D eigenvalue weighted by atomic mass is 9.81. The minimum atomic E-state index is -2.53. The normalized spacial score (nSPS) is 17.3. The van der Waals surface area contributed by atoms with Crippen molar-refractivity contribution in [3.8, 4) is 0 Å². The summed E-state index contributed by atoms with van der Waals surface area (Å²) in [6.07, 6.45) is 3.33. The van der Waals surface area contributed by atoms with Crippen molar-refractivity contribution in [3.63, 3.8) is 0 Å². The Morgan fingerprint density at radius 3 is 2.82 bits per heavy atom. The number of nitrogens with zero attached hydrogens (tertiary/aromatic N) is 5. The fraction of sp³-hybridized carbons (Fsp3) is 0.444. The first-order valence-electron chi connectivity index (χ1n) is 9.01. The molecule has 0 bridgehead atoms. The molecule has 7 nitrogen and oxygen atoms in total. The summed E-state index contributed by atoms with van der Waals surface area (Å²) in [5.74, 6) is -1.60. The third kappa shape index (κ3) is 3.78. The van der Waals surface area contributed by atoms with Crippen LogP contribution in [0.15, 0.2) is 29.1 Å². The van der Waals surface area contributed by atoms with Crippen LogP contribution in [0.4, 0.5) is 20.5 Å². The van der Waals surface area contributed by atoms with Crippen molar-refractivity contribution in [3.05, 3.63) is 34.7 Å². The van der Waals surface area contributed by atoms with E-state index in [1.54, 1.807) is 17.1 Å². The molecule has 0 aliphatic heterocycles. The number of fused-ring (bicyclic) bond motifs is 1. The molecule has 0 aromatic carbocycles. The summed E-state index contributed by atoms with van der Waals surface area (Å²) in [5, 5.41) is 10.9. The van der Waals surface area contributed by atoms with Crippen LogP contribution in [0, 0.1) is 5.92 Å². The van der Waals surface area contributed by atoms with E-state index in [-0.39, 0.29) is 24.8 Å². The Kier molecular flexibility index (Phi) is 4.90. The molecule has 2 N–H and O–H groups in total. The SMILES string of the molecule is CC(Nc1nc(NCC2CC(F)(F)C2)nc2c(Br)nn(C)c12)c1cccnc1. The number of pyridine rings is 1. The Morgan fingerprint density at radius 2 is 2.14 bits per heavy atom. The number of alkyl halides is 2. The first-order chi connectivity index (χ1) is 13.3. The Labute approximate surface area is 169 Å². The van der Waals surface area contributed by atoms with Crippen LogP contribution in [0.2, 0.25) is 0 Å². The molecule has 28 heavy (non-hydrogen) atoms. The molecule has 3 heterocycles. The first kappa shape index (κ1) is 19.0. The highest BCUT2D eigenvalue weighted by molar-refractivity contribution is 9.10. The Balaban J connectivity index is 1.60. The predicted octanol–water partition coefficient (Wildman–Crippen LogP) is 4.15.